The van der Waals surface area contributed by atoms with Crippen molar-refractivity contribution >= 4 is 5.82 Å². The van der Waals surface area contributed by atoms with E-state index in [9.17, 15) is 0 Å². The van der Waals surface area contributed by atoms with Gasteiger partial charge < -0.3 is 10.2 Å². The number of aromatic nitrogens is 1. The molecule has 0 amide bonds. The van der Waals surface area contributed by atoms with Crippen molar-refractivity contribution in [1.29, 1.82) is 0 Å². The van der Waals surface area contributed by atoms with Crippen molar-refractivity contribution in [2.24, 2.45) is 0 Å². The van der Waals surface area contributed by atoms with E-state index in [1.807, 2.05) is 7.05 Å². The molecule has 88 valence electrons. The molecule has 0 aromatic carbocycles. The number of hydrogen-bond donors (Lipinski definition) is 1. The van der Waals surface area contributed by atoms with Crippen molar-refractivity contribution in [3.63, 3.8) is 0 Å². The van der Waals surface area contributed by atoms with Crippen LogP contribution in [-0.4, -0.2) is 25.1 Å². The number of anilines is 1. The first-order valence-corrected chi connectivity index (χ1v) is 6.14. The van der Waals surface area contributed by atoms with Gasteiger partial charge in [-0.3, -0.25) is 0 Å². The second kappa shape index (κ2) is 5.30. The first-order chi connectivity index (χ1) is 7.81. The Kier molecular flexibility index (Phi) is 3.78. The topological polar surface area (TPSA) is 28.2 Å². The highest BCUT2D eigenvalue weighted by Gasteiger charge is 2.20. The van der Waals surface area contributed by atoms with Gasteiger partial charge in [0, 0.05) is 19.6 Å². The molecule has 1 saturated carbocycles. The van der Waals surface area contributed by atoms with Crippen LogP contribution in [0, 0.1) is 0 Å². The Balaban J connectivity index is 2.09. The first kappa shape index (κ1) is 11.4. The van der Waals surface area contributed by atoms with E-state index in [0.29, 0.717) is 6.04 Å². The predicted octanol–water partition coefficient (Wildman–Crippen LogP) is 2.18. The maximum atomic E-state index is 4.67. The van der Waals surface area contributed by atoms with Crippen LogP contribution in [0.25, 0.3) is 0 Å². The number of nitrogens with zero attached hydrogens (tertiary/aromatic N) is 2. The Morgan fingerprint density at radius 2 is 2.12 bits per heavy atom. The summed E-state index contributed by atoms with van der Waals surface area (Å²) >= 11 is 0. The lowest BCUT2D eigenvalue weighted by atomic mass is 10.2. The molecule has 1 fully saturated rings. The lowest BCUT2D eigenvalue weighted by Gasteiger charge is -2.25. The van der Waals surface area contributed by atoms with Crippen molar-refractivity contribution in [3.05, 3.63) is 23.9 Å². The van der Waals surface area contributed by atoms with Crippen molar-refractivity contribution < 1.29 is 0 Å². The van der Waals surface area contributed by atoms with Gasteiger partial charge in [-0.25, -0.2) is 4.98 Å². The van der Waals surface area contributed by atoms with E-state index in [1.54, 1.807) is 0 Å². The zero-order chi connectivity index (χ0) is 11.4. The fourth-order valence-corrected chi connectivity index (χ4v) is 2.42. The molecule has 1 aliphatic carbocycles. The molecule has 0 saturated heterocycles. The lowest BCUT2D eigenvalue weighted by Crippen LogP contribution is -2.29. The molecule has 1 N–H and O–H groups in total. The van der Waals surface area contributed by atoms with Crippen LogP contribution in [0.1, 0.15) is 31.4 Å². The summed E-state index contributed by atoms with van der Waals surface area (Å²) in [6, 6.07) is 6.97. The minimum absolute atomic E-state index is 0.692. The van der Waals surface area contributed by atoms with Crippen molar-refractivity contribution in [2.45, 2.75) is 38.3 Å². The fourth-order valence-electron chi connectivity index (χ4n) is 2.42. The van der Waals surface area contributed by atoms with Crippen LogP contribution in [0.15, 0.2) is 18.2 Å². The van der Waals surface area contributed by atoms with Gasteiger partial charge in [0.05, 0.1) is 5.69 Å². The highest BCUT2D eigenvalue weighted by atomic mass is 15.2. The van der Waals surface area contributed by atoms with Crippen molar-refractivity contribution in [2.75, 3.05) is 19.0 Å². The van der Waals surface area contributed by atoms with E-state index in [1.165, 1.54) is 25.7 Å². The molecule has 3 heteroatoms. The fraction of sp³-hybridized carbons (Fsp3) is 0.615. The van der Waals surface area contributed by atoms with Crippen molar-refractivity contribution in [1.82, 2.24) is 10.3 Å². The van der Waals surface area contributed by atoms with Crippen LogP contribution in [0.4, 0.5) is 5.82 Å². The van der Waals surface area contributed by atoms with Gasteiger partial charge in [0.15, 0.2) is 0 Å². The molecule has 0 bridgehead atoms. The van der Waals surface area contributed by atoms with Gasteiger partial charge in [0.2, 0.25) is 0 Å². The molecule has 3 nitrogen and oxygen atoms in total. The summed E-state index contributed by atoms with van der Waals surface area (Å²) in [6.07, 6.45) is 5.36. The summed E-state index contributed by atoms with van der Waals surface area (Å²) in [5.41, 5.74) is 1.12. The molecule has 1 aromatic rings. The van der Waals surface area contributed by atoms with Gasteiger partial charge in [-0.2, -0.15) is 0 Å². The summed E-state index contributed by atoms with van der Waals surface area (Å²) < 4.78 is 0. The minimum atomic E-state index is 0.692. The Morgan fingerprint density at radius 1 is 1.38 bits per heavy atom. The Bertz CT molecular complexity index is 332. The number of nitrogens with one attached hydrogen (secondary N) is 1. The number of pyridine rings is 1. The average Bonchev–Trinajstić information content (AvgIpc) is 2.82. The van der Waals surface area contributed by atoms with Crippen molar-refractivity contribution in [3.8, 4) is 0 Å². The van der Waals surface area contributed by atoms with E-state index < -0.39 is 0 Å². The smallest absolute Gasteiger partial charge is 0.128 e. The molecule has 1 aromatic heterocycles. The van der Waals surface area contributed by atoms with E-state index >= 15 is 0 Å². The quantitative estimate of drug-likeness (QED) is 0.841. The molecule has 2 rings (SSSR count). The molecule has 0 spiro atoms. The molecule has 0 unspecified atom stereocenters. The van der Waals surface area contributed by atoms with Crippen LogP contribution < -0.4 is 10.2 Å². The van der Waals surface area contributed by atoms with Crippen LogP contribution in [-0.2, 0) is 6.54 Å². The maximum Gasteiger partial charge on any atom is 0.128 e. The normalized spacial score (nSPS) is 16.6. The zero-order valence-corrected chi connectivity index (χ0v) is 10.2. The highest BCUT2D eigenvalue weighted by Crippen LogP contribution is 2.25. The molecular formula is C13H21N3. The summed E-state index contributed by atoms with van der Waals surface area (Å²) in [6.45, 7) is 0.840. The highest BCUT2D eigenvalue weighted by molar-refractivity contribution is 5.39. The Labute approximate surface area is 97.9 Å². The van der Waals surface area contributed by atoms with Crippen LogP contribution in [0.2, 0.25) is 0 Å². The third kappa shape index (κ3) is 2.53. The van der Waals surface area contributed by atoms with E-state index in [0.717, 1.165) is 18.1 Å². The summed E-state index contributed by atoms with van der Waals surface area (Å²) in [7, 11) is 4.12. The molecule has 16 heavy (non-hydrogen) atoms. The summed E-state index contributed by atoms with van der Waals surface area (Å²) in [5, 5.41) is 3.14. The Hall–Kier alpha value is -1.09. The first-order valence-electron chi connectivity index (χ1n) is 6.14. The second-order valence-electron chi connectivity index (χ2n) is 4.57. The van der Waals surface area contributed by atoms with Crippen LogP contribution >= 0.6 is 0 Å². The van der Waals surface area contributed by atoms with Gasteiger partial charge in [-0.15, -0.1) is 0 Å². The SMILES string of the molecule is CNCc1cccc(N(C)C2CCCC2)n1. The van der Waals surface area contributed by atoms with Crippen LogP contribution in [0.3, 0.4) is 0 Å². The minimum Gasteiger partial charge on any atom is -0.357 e. The molecule has 1 heterocycles. The molecule has 1 aliphatic rings. The lowest BCUT2D eigenvalue weighted by molar-refractivity contribution is 0.643. The zero-order valence-electron chi connectivity index (χ0n) is 10.2. The van der Waals surface area contributed by atoms with Gasteiger partial charge >= 0.3 is 0 Å². The number of hydrogen-bond acceptors (Lipinski definition) is 3. The summed E-state index contributed by atoms with van der Waals surface area (Å²) in [5.74, 6) is 1.11. The largest absolute Gasteiger partial charge is 0.357 e. The Morgan fingerprint density at radius 3 is 2.81 bits per heavy atom. The van der Waals surface area contributed by atoms with E-state index in [4.69, 9.17) is 0 Å². The predicted molar refractivity (Wildman–Crippen MR) is 67.7 cm³/mol. The molecule has 0 radical (unpaired) electrons. The van der Waals surface area contributed by atoms with Gasteiger partial charge in [0.25, 0.3) is 0 Å². The van der Waals surface area contributed by atoms with Gasteiger partial charge in [-0.05, 0) is 32.0 Å². The molecule has 0 aliphatic heterocycles. The van der Waals surface area contributed by atoms with Crippen LogP contribution in [0.5, 0.6) is 0 Å². The molecular weight excluding hydrogens is 198 g/mol. The van der Waals surface area contributed by atoms with Gasteiger partial charge in [0.1, 0.15) is 5.82 Å². The monoisotopic (exact) mass is 219 g/mol. The summed E-state index contributed by atoms with van der Waals surface area (Å²) in [4.78, 5) is 7.01. The standard InChI is InChI=1S/C13H21N3/c1-14-10-11-6-5-9-13(15-11)16(2)12-7-3-4-8-12/h5-6,9,12,14H,3-4,7-8,10H2,1-2H3. The molecule has 0 atom stereocenters. The maximum absolute atomic E-state index is 4.67. The average molecular weight is 219 g/mol. The van der Waals surface area contributed by atoms with E-state index in [-0.39, 0.29) is 0 Å². The second-order valence-corrected chi connectivity index (χ2v) is 4.57. The third-order valence-corrected chi connectivity index (χ3v) is 3.38. The third-order valence-electron chi connectivity index (χ3n) is 3.38. The number of rotatable bonds is 4. The van der Waals surface area contributed by atoms with Gasteiger partial charge in [-0.1, -0.05) is 18.9 Å². The van der Waals surface area contributed by atoms with E-state index in [2.05, 4.69) is 40.4 Å².